The summed E-state index contributed by atoms with van der Waals surface area (Å²) in [5, 5.41) is 3.00. The third-order valence-corrected chi connectivity index (χ3v) is 7.07. The zero-order valence-corrected chi connectivity index (χ0v) is 18.6. The molecule has 1 atom stereocenters. The molecule has 1 aliphatic heterocycles. The number of hydrogen-bond acceptors (Lipinski definition) is 4. The van der Waals surface area contributed by atoms with Gasteiger partial charge >= 0.3 is 0 Å². The van der Waals surface area contributed by atoms with E-state index in [9.17, 15) is 19.2 Å². The molecule has 2 aromatic rings. The first-order valence-corrected chi connectivity index (χ1v) is 11.6. The molecule has 2 saturated carbocycles. The maximum absolute atomic E-state index is 13.9. The van der Waals surface area contributed by atoms with Crippen molar-refractivity contribution >= 4 is 29.3 Å². The summed E-state index contributed by atoms with van der Waals surface area (Å²) in [7, 11) is 0. The highest BCUT2D eigenvalue weighted by molar-refractivity contribution is 6.23. The lowest BCUT2D eigenvalue weighted by atomic mass is 9.92. The lowest BCUT2D eigenvalue weighted by molar-refractivity contribution is -0.149. The topological polar surface area (TPSA) is 86.8 Å². The predicted molar refractivity (Wildman–Crippen MR) is 123 cm³/mol. The second-order valence-corrected chi connectivity index (χ2v) is 9.20. The molecule has 170 valence electrons. The van der Waals surface area contributed by atoms with Crippen molar-refractivity contribution in [2.75, 3.05) is 5.32 Å². The molecular weight excluding hydrogens is 418 g/mol. The van der Waals surface area contributed by atoms with Crippen LogP contribution in [0.1, 0.15) is 66.2 Å². The van der Waals surface area contributed by atoms with Crippen molar-refractivity contribution < 1.29 is 19.2 Å². The molecule has 1 heterocycles. The number of para-hydroxylation sites is 1. The van der Waals surface area contributed by atoms with Crippen LogP contribution >= 0.6 is 0 Å². The third kappa shape index (κ3) is 3.52. The Morgan fingerprint density at radius 3 is 2.03 bits per heavy atom. The second-order valence-electron chi connectivity index (χ2n) is 9.20. The van der Waals surface area contributed by atoms with Crippen molar-refractivity contribution in [1.82, 2.24) is 9.80 Å². The molecule has 7 nitrogen and oxygen atoms in total. The van der Waals surface area contributed by atoms with Crippen LogP contribution in [0.5, 0.6) is 0 Å². The number of hydrogen-bond donors (Lipinski definition) is 1. The van der Waals surface area contributed by atoms with Crippen LogP contribution in [-0.4, -0.2) is 51.1 Å². The summed E-state index contributed by atoms with van der Waals surface area (Å²) >= 11 is 0. The Morgan fingerprint density at radius 1 is 0.939 bits per heavy atom. The number of fused-ring (bicyclic) bond motifs is 1. The highest BCUT2D eigenvalue weighted by Gasteiger charge is 2.55. The third-order valence-electron chi connectivity index (χ3n) is 7.07. The van der Waals surface area contributed by atoms with Crippen molar-refractivity contribution in [1.29, 1.82) is 0 Å². The molecule has 0 spiro atoms. The van der Waals surface area contributed by atoms with E-state index in [0.717, 1.165) is 30.6 Å². The molecule has 7 heteroatoms. The average Bonchev–Trinajstić information content (AvgIpc) is 3.47. The van der Waals surface area contributed by atoms with Crippen molar-refractivity contribution in [2.24, 2.45) is 0 Å². The summed E-state index contributed by atoms with van der Waals surface area (Å²) in [6.45, 7) is 1.59. The smallest absolute Gasteiger partial charge is 0.262 e. The largest absolute Gasteiger partial charge is 0.324 e. The van der Waals surface area contributed by atoms with Gasteiger partial charge in [-0.25, -0.2) is 0 Å². The van der Waals surface area contributed by atoms with E-state index in [1.165, 1.54) is 0 Å². The lowest BCUT2D eigenvalue weighted by Gasteiger charge is -2.42. The summed E-state index contributed by atoms with van der Waals surface area (Å²) in [6, 6.07) is 14.8. The summed E-state index contributed by atoms with van der Waals surface area (Å²) in [6.07, 6.45) is 4.48. The number of carbonyl (C=O) groups excluding carboxylic acids is 4. The van der Waals surface area contributed by atoms with Crippen molar-refractivity contribution in [3.63, 3.8) is 0 Å². The number of anilines is 1. The Hall–Kier alpha value is -3.48. The number of nitrogens with zero attached hydrogens (tertiary/aromatic N) is 2. The minimum atomic E-state index is -0.986. The van der Waals surface area contributed by atoms with Crippen LogP contribution < -0.4 is 5.32 Å². The number of imide groups is 1. The standard InChI is InChI=1S/C26H27N3O4/c1-17(28-23(31)20-11-5-6-12-21(20)24(28)32)22(30)29(19-13-14-19)26(15-7-8-16-26)25(33)27-18-9-3-2-4-10-18/h2-6,9-12,17,19H,7-8,13-16H2,1H3,(H,27,33)/t17-/m1/s1. The quantitative estimate of drug-likeness (QED) is 0.688. The van der Waals surface area contributed by atoms with Crippen LogP contribution in [0.2, 0.25) is 0 Å². The van der Waals surface area contributed by atoms with Crippen molar-refractivity contribution in [3.05, 3.63) is 65.7 Å². The van der Waals surface area contributed by atoms with Gasteiger partial charge in [-0.3, -0.25) is 24.1 Å². The van der Waals surface area contributed by atoms with Crippen molar-refractivity contribution in [2.45, 2.75) is 63.1 Å². The Labute approximate surface area is 192 Å². The SMILES string of the molecule is C[C@H](C(=O)N(C1CC1)C1(C(=O)Nc2ccccc2)CCCC1)N1C(=O)c2ccccc2C1=O. The van der Waals surface area contributed by atoms with Gasteiger partial charge in [0.25, 0.3) is 11.8 Å². The molecule has 3 aliphatic rings. The first kappa shape index (κ1) is 21.4. The summed E-state index contributed by atoms with van der Waals surface area (Å²) < 4.78 is 0. The minimum Gasteiger partial charge on any atom is -0.324 e. The molecule has 33 heavy (non-hydrogen) atoms. The number of rotatable bonds is 6. The number of amides is 4. The molecular formula is C26H27N3O4. The van der Waals surface area contributed by atoms with Gasteiger partial charge in [-0.2, -0.15) is 0 Å². The van der Waals surface area contributed by atoms with Crippen LogP contribution in [0.4, 0.5) is 5.69 Å². The molecule has 2 aliphatic carbocycles. The Kier molecular flexibility index (Phi) is 5.27. The highest BCUT2D eigenvalue weighted by Crippen LogP contribution is 2.44. The summed E-state index contributed by atoms with van der Waals surface area (Å²) in [5.74, 6) is -1.44. The van der Waals surface area contributed by atoms with E-state index in [4.69, 9.17) is 0 Å². The number of nitrogens with one attached hydrogen (secondary N) is 1. The fourth-order valence-corrected chi connectivity index (χ4v) is 5.25. The van der Waals surface area contributed by atoms with Gasteiger partial charge in [-0.1, -0.05) is 43.2 Å². The van der Waals surface area contributed by atoms with Gasteiger partial charge in [0.05, 0.1) is 11.1 Å². The zero-order chi connectivity index (χ0) is 23.2. The second kappa shape index (κ2) is 8.14. The first-order valence-electron chi connectivity index (χ1n) is 11.6. The van der Waals surface area contributed by atoms with Gasteiger partial charge in [0.1, 0.15) is 11.6 Å². The molecule has 2 fully saturated rings. The van der Waals surface area contributed by atoms with Gasteiger partial charge in [0, 0.05) is 11.7 Å². The van der Waals surface area contributed by atoms with E-state index in [1.807, 2.05) is 30.3 Å². The molecule has 0 bridgehead atoms. The Morgan fingerprint density at radius 2 is 1.48 bits per heavy atom. The average molecular weight is 446 g/mol. The normalized spacial score (nSPS) is 19.8. The minimum absolute atomic E-state index is 0.0465. The van der Waals surface area contributed by atoms with E-state index in [-0.39, 0.29) is 17.9 Å². The molecule has 2 aromatic carbocycles. The maximum Gasteiger partial charge on any atom is 0.262 e. The Balaban J connectivity index is 1.45. The first-order chi connectivity index (χ1) is 15.9. The van der Waals surface area contributed by atoms with Crippen LogP contribution in [-0.2, 0) is 9.59 Å². The fraction of sp³-hybridized carbons (Fsp3) is 0.385. The van der Waals surface area contributed by atoms with Crippen LogP contribution in [0, 0.1) is 0 Å². The monoisotopic (exact) mass is 445 g/mol. The number of carbonyl (C=O) groups is 4. The summed E-state index contributed by atoms with van der Waals surface area (Å²) in [4.78, 5) is 56.3. The highest BCUT2D eigenvalue weighted by atomic mass is 16.2. The maximum atomic E-state index is 13.9. The van der Waals surface area contributed by atoms with Crippen LogP contribution in [0.15, 0.2) is 54.6 Å². The van der Waals surface area contributed by atoms with E-state index < -0.39 is 23.4 Å². The molecule has 0 unspecified atom stereocenters. The molecule has 0 radical (unpaired) electrons. The lowest BCUT2D eigenvalue weighted by Crippen LogP contribution is -2.62. The van der Waals surface area contributed by atoms with Gasteiger partial charge in [-0.15, -0.1) is 0 Å². The molecule has 0 aromatic heterocycles. The molecule has 5 rings (SSSR count). The van der Waals surface area contributed by atoms with E-state index in [1.54, 1.807) is 36.1 Å². The van der Waals surface area contributed by atoms with E-state index >= 15 is 0 Å². The van der Waals surface area contributed by atoms with Gasteiger partial charge < -0.3 is 10.2 Å². The van der Waals surface area contributed by atoms with Crippen LogP contribution in [0.25, 0.3) is 0 Å². The molecule has 1 N–H and O–H groups in total. The number of benzene rings is 2. The van der Waals surface area contributed by atoms with E-state index in [0.29, 0.717) is 29.7 Å². The molecule has 0 saturated heterocycles. The summed E-state index contributed by atoms with van der Waals surface area (Å²) in [5.41, 5.74) is 0.349. The van der Waals surface area contributed by atoms with Crippen LogP contribution in [0.3, 0.4) is 0 Å². The zero-order valence-electron chi connectivity index (χ0n) is 18.6. The Bertz CT molecular complexity index is 1080. The van der Waals surface area contributed by atoms with Crippen molar-refractivity contribution in [3.8, 4) is 0 Å². The van der Waals surface area contributed by atoms with Gasteiger partial charge in [0.15, 0.2) is 0 Å². The molecule has 4 amide bonds. The van der Waals surface area contributed by atoms with E-state index in [2.05, 4.69) is 5.32 Å². The van der Waals surface area contributed by atoms with Gasteiger partial charge in [-0.05, 0) is 56.9 Å². The fourth-order valence-electron chi connectivity index (χ4n) is 5.25. The predicted octanol–water partition coefficient (Wildman–Crippen LogP) is 3.61. The van der Waals surface area contributed by atoms with Gasteiger partial charge in [0.2, 0.25) is 11.8 Å².